The number of amides is 2. The van der Waals surface area contributed by atoms with E-state index in [4.69, 9.17) is 27.9 Å². The Morgan fingerprint density at radius 1 is 1.10 bits per heavy atom. The Hall–Kier alpha value is -3.87. The molecular weight excluding hydrogens is 607 g/mol. The Morgan fingerprint density at radius 3 is 2.40 bits per heavy atom. The first kappa shape index (κ1) is 32.6. The molecule has 11 nitrogen and oxygen atoms in total. The van der Waals surface area contributed by atoms with Gasteiger partial charge in [0.05, 0.1) is 22.6 Å². The van der Waals surface area contributed by atoms with Crippen LogP contribution < -0.4 is 14.4 Å². The van der Waals surface area contributed by atoms with Gasteiger partial charge in [-0.3, -0.25) is 24.0 Å². The zero-order chi connectivity index (χ0) is 31.2. The van der Waals surface area contributed by atoms with Crippen molar-refractivity contribution in [2.45, 2.75) is 38.3 Å². The zero-order valence-corrected chi connectivity index (χ0v) is 25.7. The quantitative estimate of drug-likeness (QED) is 0.219. The first-order valence-corrected chi connectivity index (χ1v) is 14.9. The van der Waals surface area contributed by atoms with Crippen LogP contribution in [-0.4, -0.2) is 56.3 Å². The summed E-state index contributed by atoms with van der Waals surface area (Å²) in [5, 5.41) is 14.8. The lowest BCUT2D eigenvalue weighted by atomic mass is 10.1. The first-order valence-electron chi connectivity index (χ1n) is 12.7. The number of hydrogen-bond donors (Lipinski definition) is 1. The molecule has 0 radical (unpaired) electrons. The number of nitrogens with zero attached hydrogens (tertiary/aromatic N) is 3. The van der Waals surface area contributed by atoms with Crippen LogP contribution in [0.1, 0.15) is 25.0 Å². The lowest BCUT2D eigenvalue weighted by Gasteiger charge is -2.32. The largest absolute Gasteiger partial charge is 0.495 e. The fraction of sp³-hybridized carbons (Fsp3) is 0.286. The molecule has 0 spiro atoms. The summed E-state index contributed by atoms with van der Waals surface area (Å²) in [6.45, 7) is 4.13. The molecule has 3 rings (SSSR count). The monoisotopic (exact) mass is 636 g/mol. The van der Waals surface area contributed by atoms with E-state index < -0.39 is 49.9 Å². The highest BCUT2D eigenvalue weighted by atomic mass is 35.5. The number of nitro groups is 1. The third-order valence-electron chi connectivity index (χ3n) is 6.47. The van der Waals surface area contributed by atoms with E-state index in [1.165, 1.54) is 56.2 Å². The zero-order valence-electron chi connectivity index (χ0n) is 23.3. The summed E-state index contributed by atoms with van der Waals surface area (Å²) in [4.78, 5) is 38.5. The number of sulfonamides is 1. The van der Waals surface area contributed by atoms with Crippen LogP contribution in [-0.2, 0) is 26.2 Å². The smallest absolute Gasteiger partial charge is 0.273 e. The van der Waals surface area contributed by atoms with Gasteiger partial charge in [-0.25, -0.2) is 8.42 Å². The minimum atomic E-state index is -4.63. The molecule has 2 amide bonds. The van der Waals surface area contributed by atoms with Crippen molar-refractivity contribution in [1.82, 2.24) is 10.2 Å². The Balaban J connectivity index is 2.17. The van der Waals surface area contributed by atoms with E-state index >= 15 is 0 Å². The Labute approximate surface area is 254 Å². The Kier molecular flexibility index (Phi) is 10.8. The van der Waals surface area contributed by atoms with Gasteiger partial charge in [-0.1, -0.05) is 47.5 Å². The summed E-state index contributed by atoms with van der Waals surface area (Å²) >= 11 is 12.6. The lowest BCUT2D eigenvalue weighted by molar-refractivity contribution is -0.385. The fourth-order valence-electron chi connectivity index (χ4n) is 4.16. The van der Waals surface area contributed by atoms with Crippen LogP contribution >= 0.6 is 23.2 Å². The number of carbonyl (C=O) groups is 2. The second-order valence-corrected chi connectivity index (χ2v) is 11.9. The topological polar surface area (TPSA) is 139 Å². The highest BCUT2D eigenvalue weighted by Gasteiger charge is 2.35. The molecule has 0 saturated heterocycles. The average molecular weight is 638 g/mol. The summed E-state index contributed by atoms with van der Waals surface area (Å²) < 4.78 is 34.4. The van der Waals surface area contributed by atoms with Crippen LogP contribution in [0.2, 0.25) is 10.0 Å². The molecule has 0 aliphatic heterocycles. The summed E-state index contributed by atoms with van der Waals surface area (Å²) in [5.41, 5.74) is 0.298. The predicted octanol–water partition coefficient (Wildman–Crippen LogP) is 4.97. The molecule has 0 aliphatic rings. The van der Waals surface area contributed by atoms with Gasteiger partial charge in [-0.2, -0.15) is 0 Å². The maximum Gasteiger partial charge on any atom is 0.273 e. The normalized spacial score (nSPS) is 11.9. The van der Waals surface area contributed by atoms with Gasteiger partial charge in [0.2, 0.25) is 11.8 Å². The third kappa shape index (κ3) is 7.30. The molecule has 14 heteroatoms. The summed E-state index contributed by atoms with van der Waals surface area (Å²) in [6.07, 6.45) is 0. The average Bonchev–Trinajstić information content (AvgIpc) is 2.95. The molecule has 0 heterocycles. The molecule has 3 aromatic rings. The van der Waals surface area contributed by atoms with Gasteiger partial charge in [0.1, 0.15) is 18.3 Å². The maximum atomic E-state index is 14.1. The lowest BCUT2D eigenvalue weighted by Crippen LogP contribution is -2.51. The minimum Gasteiger partial charge on any atom is -0.495 e. The molecule has 1 N–H and O–H groups in total. The summed E-state index contributed by atoms with van der Waals surface area (Å²) in [6, 6.07) is 13.4. The minimum absolute atomic E-state index is 0.0758. The third-order valence-corrected chi connectivity index (χ3v) is 8.83. The van der Waals surface area contributed by atoms with Gasteiger partial charge in [0.25, 0.3) is 15.7 Å². The molecule has 0 unspecified atom stereocenters. The van der Waals surface area contributed by atoms with E-state index in [9.17, 15) is 28.1 Å². The van der Waals surface area contributed by atoms with Gasteiger partial charge in [0, 0.05) is 34.8 Å². The van der Waals surface area contributed by atoms with Crippen molar-refractivity contribution in [2.24, 2.45) is 0 Å². The van der Waals surface area contributed by atoms with E-state index in [0.717, 1.165) is 10.4 Å². The second kappa shape index (κ2) is 13.9. The van der Waals surface area contributed by atoms with E-state index in [2.05, 4.69) is 5.32 Å². The summed E-state index contributed by atoms with van der Waals surface area (Å²) in [5.74, 6) is -1.13. The predicted molar refractivity (Wildman–Crippen MR) is 161 cm³/mol. The van der Waals surface area contributed by atoms with Crippen molar-refractivity contribution in [3.05, 3.63) is 92.0 Å². The number of nitrogens with one attached hydrogen (secondary N) is 1. The van der Waals surface area contributed by atoms with Crippen LogP contribution in [0.5, 0.6) is 5.75 Å². The molecule has 0 aliphatic carbocycles. The molecule has 3 aromatic carbocycles. The number of likely N-dealkylation sites (N-methyl/N-ethyl adjacent to an activating group) is 1. The van der Waals surface area contributed by atoms with Crippen LogP contribution in [0.4, 0.5) is 11.4 Å². The van der Waals surface area contributed by atoms with E-state index in [0.29, 0.717) is 17.1 Å². The number of aryl methyl sites for hydroxylation is 1. The number of hydrogen-bond acceptors (Lipinski definition) is 7. The molecule has 42 heavy (non-hydrogen) atoms. The van der Waals surface area contributed by atoms with Gasteiger partial charge in [-0.15, -0.1) is 0 Å². The number of benzene rings is 3. The number of halogens is 2. The summed E-state index contributed by atoms with van der Waals surface area (Å²) in [7, 11) is -3.31. The number of nitro benzene ring substituents is 1. The molecule has 224 valence electrons. The molecule has 0 fully saturated rings. The standard InChI is InChI=1S/C28H30Cl2N4O7S/c1-5-31-28(36)19(3)32(16-20-8-6-7-9-23(20)30)27(35)17-33(25-14-21(29)11-13-26(25)41-4)42(39,40)22-12-10-18(2)24(15-22)34(37)38/h6-15,19H,5,16-17H2,1-4H3,(H,31,36)/t19-/m0/s1. The fourth-order valence-corrected chi connectivity index (χ4v) is 5.96. The Bertz CT molecular complexity index is 1600. The van der Waals surface area contributed by atoms with Gasteiger partial charge in [-0.05, 0) is 56.7 Å². The van der Waals surface area contributed by atoms with Crippen molar-refractivity contribution in [3.8, 4) is 5.75 Å². The highest BCUT2D eigenvalue weighted by molar-refractivity contribution is 7.92. The second-order valence-electron chi connectivity index (χ2n) is 9.22. The van der Waals surface area contributed by atoms with Crippen molar-refractivity contribution in [3.63, 3.8) is 0 Å². The Morgan fingerprint density at radius 2 is 1.79 bits per heavy atom. The molecular formula is C28H30Cl2N4O7S. The van der Waals surface area contributed by atoms with Crippen LogP contribution in [0.3, 0.4) is 0 Å². The van der Waals surface area contributed by atoms with E-state index in [1.807, 2.05) is 0 Å². The number of carbonyl (C=O) groups excluding carboxylic acids is 2. The molecule has 0 bridgehead atoms. The SMILES string of the molecule is CCNC(=O)[C@H](C)N(Cc1ccccc1Cl)C(=O)CN(c1cc(Cl)ccc1OC)S(=O)(=O)c1ccc(C)c([N+](=O)[O-])c1. The number of methoxy groups -OCH3 is 1. The number of anilines is 1. The number of rotatable bonds is 12. The van der Waals surface area contributed by atoms with Crippen molar-refractivity contribution < 1.29 is 27.7 Å². The van der Waals surface area contributed by atoms with Crippen molar-refractivity contribution in [2.75, 3.05) is 24.5 Å². The molecule has 1 atom stereocenters. The first-order chi connectivity index (χ1) is 19.8. The number of ether oxygens (including phenoxy) is 1. The van der Waals surface area contributed by atoms with Crippen LogP contribution in [0.15, 0.2) is 65.6 Å². The maximum absolute atomic E-state index is 14.1. The molecule has 0 saturated carbocycles. The van der Waals surface area contributed by atoms with Crippen LogP contribution in [0.25, 0.3) is 0 Å². The van der Waals surface area contributed by atoms with Crippen molar-refractivity contribution in [1.29, 1.82) is 0 Å². The van der Waals surface area contributed by atoms with E-state index in [1.54, 1.807) is 31.2 Å². The molecule has 0 aromatic heterocycles. The van der Waals surface area contributed by atoms with Gasteiger partial charge < -0.3 is 15.0 Å². The highest BCUT2D eigenvalue weighted by Crippen LogP contribution is 2.36. The van der Waals surface area contributed by atoms with E-state index in [-0.39, 0.29) is 28.6 Å². The van der Waals surface area contributed by atoms with Crippen LogP contribution in [0, 0.1) is 17.0 Å². The van der Waals surface area contributed by atoms with Gasteiger partial charge >= 0.3 is 0 Å². The van der Waals surface area contributed by atoms with Gasteiger partial charge in [0.15, 0.2) is 0 Å². The van der Waals surface area contributed by atoms with Crippen molar-refractivity contribution >= 4 is 56.4 Å².